The summed E-state index contributed by atoms with van der Waals surface area (Å²) in [7, 11) is 0. The number of allylic oxidation sites excluding steroid dienone is 1. The van der Waals surface area contributed by atoms with Gasteiger partial charge in [0.1, 0.15) is 6.07 Å². The van der Waals surface area contributed by atoms with Crippen LogP contribution in [0.15, 0.2) is 30.9 Å². The lowest BCUT2D eigenvalue weighted by Gasteiger charge is -2.08. The molecule has 0 aliphatic carbocycles. The van der Waals surface area contributed by atoms with Crippen LogP contribution in [0, 0.1) is 17.2 Å². The molecule has 65 valence electrons. The predicted molar refractivity (Wildman–Crippen MR) is 54.4 cm³/mol. The molecule has 0 saturated heterocycles. The van der Waals surface area contributed by atoms with Gasteiger partial charge in [0.05, 0.1) is 10.6 Å². The van der Waals surface area contributed by atoms with Gasteiger partial charge >= 0.3 is 0 Å². The maximum atomic E-state index is 8.86. The van der Waals surface area contributed by atoms with E-state index >= 15 is 0 Å². The summed E-state index contributed by atoms with van der Waals surface area (Å²) in [6.07, 6.45) is 1.71. The zero-order valence-corrected chi connectivity index (χ0v) is 8.10. The summed E-state index contributed by atoms with van der Waals surface area (Å²) < 4.78 is 0. The Morgan fingerprint density at radius 2 is 2.31 bits per heavy atom. The zero-order valence-electron chi connectivity index (χ0n) is 7.34. The molecule has 1 radical (unpaired) electrons. The number of hydrogen-bond acceptors (Lipinski definition) is 1. The summed E-state index contributed by atoms with van der Waals surface area (Å²) in [6.45, 7) is 5.55. The van der Waals surface area contributed by atoms with Crippen LogP contribution in [0.3, 0.4) is 0 Å². The highest BCUT2D eigenvalue weighted by Gasteiger charge is 2.10. The van der Waals surface area contributed by atoms with Crippen LogP contribution in [0.5, 0.6) is 0 Å². The van der Waals surface area contributed by atoms with Gasteiger partial charge in [0.15, 0.2) is 0 Å². The second-order valence-corrected chi connectivity index (χ2v) is 3.07. The van der Waals surface area contributed by atoms with Gasteiger partial charge in [0, 0.05) is 5.92 Å². The van der Waals surface area contributed by atoms with E-state index in [2.05, 4.69) is 12.6 Å². The number of hydrogen-bond donors (Lipinski definition) is 0. The van der Waals surface area contributed by atoms with Crippen LogP contribution in [0.1, 0.15) is 18.1 Å². The van der Waals surface area contributed by atoms with Crippen molar-refractivity contribution in [3.05, 3.63) is 52.9 Å². The highest BCUT2D eigenvalue weighted by atomic mass is 35.5. The maximum Gasteiger partial charge on any atom is 0.101 e. The normalized spacial score (nSPS) is 9.69. The Hall–Kier alpha value is -1.26. The molecule has 0 aliphatic heterocycles. The molecule has 0 unspecified atom stereocenters. The van der Waals surface area contributed by atoms with E-state index in [4.69, 9.17) is 16.9 Å². The van der Waals surface area contributed by atoms with E-state index in [9.17, 15) is 0 Å². The molecule has 0 atom stereocenters. The molecule has 0 bridgehead atoms. The SMILES string of the molecule is C=C[C](C)c1cccc(Cl)c1C#N. The molecule has 0 aromatic heterocycles. The number of benzene rings is 1. The van der Waals surface area contributed by atoms with Crippen molar-refractivity contribution in [1.29, 1.82) is 5.26 Å². The molecule has 0 aliphatic rings. The zero-order chi connectivity index (χ0) is 9.84. The standard InChI is InChI=1S/C11H9ClN/c1-3-8(2)9-5-4-6-11(12)10(9)7-13/h3-6H,1H2,2H3. The fourth-order valence-corrected chi connectivity index (χ4v) is 1.29. The Balaban J connectivity index is 3.29. The summed E-state index contributed by atoms with van der Waals surface area (Å²) >= 11 is 5.86. The molecule has 1 nitrogen and oxygen atoms in total. The van der Waals surface area contributed by atoms with Crippen molar-refractivity contribution in [1.82, 2.24) is 0 Å². The van der Waals surface area contributed by atoms with Crippen molar-refractivity contribution in [2.75, 3.05) is 0 Å². The smallest absolute Gasteiger partial charge is 0.101 e. The van der Waals surface area contributed by atoms with E-state index in [-0.39, 0.29) is 0 Å². The van der Waals surface area contributed by atoms with Gasteiger partial charge in [-0.1, -0.05) is 36.7 Å². The van der Waals surface area contributed by atoms with Crippen LogP contribution in [-0.4, -0.2) is 0 Å². The summed E-state index contributed by atoms with van der Waals surface area (Å²) in [5.41, 5.74) is 1.37. The Morgan fingerprint density at radius 1 is 1.62 bits per heavy atom. The van der Waals surface area contributed by atoms with Crippen LogP contribution in [0.4, 0.5) is 0 Å². The minimum absolute atomic E-state index is 0.487. The number of rotatable bonds is 2. The first kappa shape index (κ1) is 9.83. The van der Waals surface area contributed by atoms with Gasteiger partial charge in [0.2, 0.25) is 0 Å². The molecular formula is C11H9ClN. The van der Waals surface area contributed by atoms with Crippen molar-refractivity contribution in [3.8, 4) is 6.07 Å². The van der Waals surface area contributed by atoms with Crippen molar-refractivity contribution in [2.45, 2.75) is 6.92 Å². The van der Waals surface area contributed by atoms with Crippen LogP contribution in [0.2, 0.25) is 5.02 Å². The van der Waals surface area contributed by atoms with E-state index < -0.39 is 0 Å². The first-order chi connectivity index (χ1) is 6.20. The third kappa shape index (κ3) is 1.91. The second-order valence-electron chi connectivity index (χ2n) is 2.66. The van der Waals surface area contributed by atoms with E-state index in [0.717, 1.165) is 11.5 Å². The molecule has 0 heterocycles. The molecular weight excluding hydrogens is 182 g/mol. The lowest BCUT2D eigenvalue weighted by molar-refractivity contribution is 1.24. The molecule has 0 fully saturated rings. The van der Waals surface area contributed by atoms with Gasteiger partial charge in [-0.25, -0.2) is 0 Å². The van der Waals surface area contributed by atoms with Crippen molar-refractivity contribution in [2.24, 2.45) is 0 Å². The average Bonchev–Trinajstić information content (AvgIpc) is 2.16. The maximum absolute atomic E-state index is 8.86. The lowest BCUT2D eigenvalue weighted by Crippen LogP contribution is -1.94. The van der Waals surface area contributed by atoms with Gasteiger partial charge in [-0.15, -0.1) is 6.58 Å². The van der Waals surface area contributed by atoms with Gasteiger partial charge in [-0.2, -0.15) is 5.26 Å². The van der Waals surface area contributed by atoms with Gasteiger partial charge in [-0.3, -0.25) is 0 Å². The van der Waals surface area contributed by atoms with Gasteiger partial charge in [0.25, 0.3) is 0 Å². The molecule has 1 rings (SSSR count). The summed E-state index contributed by atoms with van der Waals surface area (Å²) in [5.74, 6) is 0.957. The highest BCUT2D eigenvalue weighted by Crippen LogP contribution is 2.25. The third-order valence-electron chi connectivity index (χ3n) is 1.86. The van der Waals surface area contributed by atoms with Gasteiger partial charge < -0.3 is 0 Å². The molecule has 0 spiro atoms. The lowest BCUT2D eigenvalue weighted by atomic mass is 9.96. The predicted octanol–water partition coefficient (Wildman–Crippen LogP) is 3.34. The summed E-state index contributed by atoms with van der Waals surface area (Å²) in [6, 6.07) is 7.47. The fraction of sp³-hybridized carbons (Fsp3) is 0.0909. The quantitative estimate of drug-likeness (QED) is 0.702. The van der Waals surface area contributed by atoms with Crippen LogP contribution >= 0.6 is 11.6 Å². The second kappa shape index (κ2) is 4.11. The minimum atomic E-state index is 0.487. The van der Waals surface area contributed by atoms with E-state index in [1.807, 2.05) is 19.1 Å². The molecule has 0 N–H and O–H groups in total. The Labute approximate surface area is 83.3 Å². The van der Waals surface area contributed by atoms with Crippen molar-refractivity contribution < 1.29 is 0 Å². The molecule has 0 saturated carbocycles. The molecule has 0 amide bonds. The number of nitrogens with zero attached hydrogens (tertiary/aromatic N) is 1. The minimum Gasteiger partial charge on any atom is -0.192 e. The topological polar surface area (TPSA) is 23.8 Å². The summed E-state index contributed by atoms with van der Waals surface area (Å²) in [5, 5.41) is 9.35. The van der Waals surface area contributed by atoms with Crippen LogP contribution < -0.4 is 0 Å². The van der Waals surface area contributed by atoms with E-state index in [0.29, 0.717) is 10.6 Å². The first-order valence-electron chi connectivity index (χ1n) is 3.85. The number of nitriles is 1. The highest BCUT2D eigenvalue weighted by molar-refractivity contribution is 6.31. The van der Waals surface area contributed by atoms with Gasteiger partial charge in [-0.05, 0) is 11.6 Å². The Kier molecular flexibility index (Phi) is 3.11. The monoisotopic (exact) mass is 190 g/mol. The molecule has 1 aromatic rings. The Morgan fingerprint density at radius 3 is 2.85 bits per heavy atom. The van der Waals surface area contributed by atoms with Crippen LogP contribution in [-0.2, 0) is 0 Å². The largest absolute Gasteiger partial charge is 0.192 e. The Bertz CT molecular complexity index is 363. The van der Waals surface area contributed by atoms with Crippen LogP contribution in [0.25, 0.3) is 0 Å². The summed E-state index contributed by atoms with van der Waals surface area (Å²) in [4.78, 5) is 0. The molecule has 2 heteroatoms. The molecule has 1 aromatic carbocycles. The fourth-order valence-electron chi connectivity index (χ4n) is 1.08. The average molecular weight is 191 g/mol. The first-order valence-corrected chi connectivity index (χ1v) is 4.23. The van der Waals surface area contributed by atoms with E-state index in [1.165, 1.54) is 0 Å². The third-order valence-corrected chi connectivity index (χ3v) is 2.17. The van der Waals surface area contributed by atoms with Crippen molar-refractivity contribution >= 4 is 11.6 Å². The molecule has 13 heavy (non-hydrogen) atoms. The number of halogens is 1. The van der Waals surface area contributed by atoms with E-state index in [1.54, 1.807) is 12.1 Å². The van der Waals surface area contributed by atoms with Crippen molar-refractivity contribution in [3.63, 3.8) is 0 Å².